The Kier molecular flexibility index (Phi) is 3.97. The van der Waals surface area contributed by atoms with Gasteiger partial charge in [-0.25, -0.2) is 0 Å². The zero-order valence-corrected chi connectivity index (χ0v) is 13.7. The molecule has 1 aliphatic carbocycles. The van der Waals surface area contributed by atoms with E-state index in [9.17, 15) is 0 Å². The highest BCUT2D eigenvalue weighted by atomic mass is 79.9. The highest BCUT2D eigenvalue weighted by Crippen LogP contribution is 2.32. The van der Waals surface area contributed by atoms with Crippen LogP contribution >= 0.6 is 15.9 Å². The number of benzene rings is 1. The molecule has 2 nitrogen and oxygen atoms in total. The van der Waals surface area contributed by atoms with Crippen LogP contribution in [-0.4, -0.2) is 11.0 Å². The lowest BCUT2D eigenvalue weighted by Gasteiger charge is -2.32. The number of hydrogen-bond acceptors (Lipinski definition) is 2. The molecule has 106 valence electrons. The molecule has 0 bridgehead atoms. The Hall–Kier alpha value is -1.09. The van der Waals surface area contributed by atoms with Crippen LogP contribution in [0.25, 0.3) is 10.9 Å². The molecule has 1 saturated carbocycles. The van der Waals surface area contributed by atoms with E-state index in [2.05, 4.69) is 64.3 Å². The van der Waals surface area contributed by atoms with Crippen LogP contribution in [0.3, 0.4) is 0 Å². The Morgan fingerprint density at radius 2 is 1.90 bits per heavy atom. The SMILES string of the molecule is CC1CC(C)CC(Nc2cccc3cc(Br)cnc23)C1. The fourth-order valence-electron chi connectivity index (χ4n) is 3.54. The third-order valence-corrected chi connectivity index (χ3v) is 4.65. The van der Waals surface area contributed by atoms with E-state index in [-0.39, 0.29) is 0 Å². The summed E-state index contributed by atoms with van der Waals surface area (Å²) in [6.07, 6.45) is 5.76. The van der Waals surface area contributed by atoms with Crippen molar-refractivity contribution in [2.45, 2.75) is 39.2 Å². The Bertz CT molecular complexity index is 601. The lowest BCUT2D eigenvalue weighted by atomic mass is 9.80. The van der Waals surface area contributed by atoms with Gasteiger partial charge in [0.2, 0.25) is 0 Å². The number of halogens is 1. The quantitative estimate of drug-likeness (QED) is 0.813. The Morgan fingerprint density at radius 1 is 1.15 bits per heavy atom. The number of hydrogen-bond donors (Lipinski definition) is 1. The summed E-state index contributed by atoms with van der Waals surface area (Å²) in [6.45, 7) is 4.73. The highest BCUT2D eigenvalue weighted by molar-refractivity contribution is 9.10. The van der Waals surface area contributed by atoms with Crippen molar-refractivity contribution >= 4 is 32.5 Å². The number of rotatable bonds is 2. The minimum atomic E-state index is 0.574. The fraction of sp³-hybridized carbons (Fsp3) is 0.471. The molecule has 3 heteroatoms. The number of pyridine rings is 1. The summed E-state index contributed by atoms with van der Waals surface area (Å²) in [6, 6.07) is 9.07. The zero-order chi connectivity index (χ0) is 14.1. The van der Waals surface area contributed by atoms with Crippen molar-refractivity contribution in [3.05, 3.63) is 34.9 Å². The van der Waals surface area contributed by atoms with Gasteiger partial charge in [0, 0.05) is 22.1 Å². The number of fused-ring (bicyclic) bond motifs is 1. The number of nitrogens with zero attached hydrogens (tertiary/aromatic N) is 1. The van der Waals surface area contributed by atoms with Crippen molar-refractivity contribution < 1.29 is 0 Å². The third-order valence-electron chi connectivity index (χ3n) is 4.22. The average molecular weight is 333 g/mol. The minimum absolute atomic E-state index is 0.574. The van der Waals surface area contributed by atoms with Gasteiger partial charge >= 0.3 is 0 Å². The molecule has 1 fully saturated rings. The topological polar surface area (TPSA) is 24.9 Å². The monoisotopic (exact) mass is 332 g/mol. The molecule has 2 atom stereocenters. The van der Waals surface area contributed by atoms with Crippen molar-refractivity contribution in [1.82, 2.24) is 4.98 Å². The second-order valence-corrected chi connectivity index (χ2v) is 7.21. The van der Waals surface area contributed by atoms with Crippen LogP contribution < -0.4 is 5.32 Å². The summed E-state index contributed by atoms with van der Waals surface area (Å²) in [5.74, 6) is 1.63. The number of nitrogens with one attached hydrogen (secondary N) is 1. The summed E-state index contributed by atoms with van der Waals surface area (Å²) >= 11 is 3.49. The van der Waals surface area contributed by atoms with Gasteiger partial charge in [-0.2, -0.15) is 0 Å². The number of anilines is 1. The smallest absolute Gasteiger partial charge is 0.0934 e. The van der Waals surface area contributed by atoms with Gasteiger partial charge in [0.1, 0.15) is 0 Å². The first kappa shape index (κ1) is 13.9. The van der Waals surface area contributed by atoms with Gasteiger partial charge < -0.3 is 5.32 Å². The van der Waals surface area contributed by atoms with Crippen molar-refractivity contribution in [3.63, 3.8) is 0 Å². The Morgan fingerprint density at radius 3 is 2.65 bits per heavy atom. The van der Waals surface area contributed by atoms with Crippen molar-refractivity contribution in [1.29, 1.82) is 0 Å². The predicted octanol–water partition coefficient (Wildman–Crippen LogP) is 5.23. The maximum Gasteiger partial charge on any atom is 0.0934 e. The van der Waals surface area contributed by atoms with E-state index in [1.807, 2.05) is 6.20 Å². The third kappa shape index (κ3) is 2.98. The molecule has 1 N–H and O–H groups in total. The van der Waals surface area contributed by atoms with Crippen molar-refractivity contribution in [2.24, 2.45) is 11.8 Å². The molecule has 1 aromatic carbocycles. The molecule has 0 amide bonds. The lowest BCUT2D eigenvalue weighted by molar-refractivity contribution is 0.281. The van der Waals surface area contributed by atoms with Crippen LogP contribution in [0.1, 0.15) is 33.1 Å². The van der Waals surface area contributed by atoms with Gasteiger partial charge in [0.05, 0.1) is 11.2 Å². The fourth-order valence-corrected chi connectivity index (χ4v) is 3.88. The maximum atomic E-state index is 4.57. The van der Waals surface area contributed by atoms with E-state index >= 15 is 0 Å². The second kappa shape index (κ2) is 5.72. The molecule has 0 spiro atoms. The standard InChI is InChI=1S/C17H21BrN2/c1-11-6-12(2)8-15(7-11)20-16-5-3-4-13-9-14(18)10-19-17(13)16/h3-5,9-12,15,20H,6-8H2,1-2H3. The van der Waals surface area contributed by atoms with Gasteiger partial charge in [-0.3, -0.25) is 4.98 Å². The molecular formula is C17H21BrN2. The van der Waals surface area contributed by atoms with Gasteiger partial charge in [-0.05, 0) is 59.2 Å². The molecule has 1 aromatic heterocycles. The van der Waals surface area contributed by atoms with Gasteiger partial charge in [0.25, 0.3) is 0 Å². The molecule has 2 aromatic rings. The minimum Gasteiger partial charge on any atom is -0.381 e. The van der Waals surface area contributed by atoms with E-state index in [1.165, 1.54) is 30.3 Å². The Labute approximate surface area is 129 Å². The first-order valence-electron chi connectivity index (χ1n) is 7.42. The van der Waals surface area contributed by atoms with E-state index in [0.717, 1.165) is 21.8 Å². The van der Waals surface area contributed by atoms with Gasteiger partial charge in [-0.1, -0.05) is 26.0 Å². The second-order valence-electron chi connectivity index (χ2n) is 6.29. The van der Waals surface area contributed by atoms with Crippen LogP contribution in [0.15, 0.2) is 34.9 Å². The summed E-state index contributed by atoms with van der Waals surface area (Å²) in [5, 5.41) is 4.91. The molecule has 20 heavy (non-hydrogen) atoms. The van der Waals surface area contributed by atoms with Crippen molar-refractivity contribution in [3.8, 4) is 0 Å². The van der Waals surface area contributed by atoms with Crippen LogP contribution in [0.5, 0.6) is 0 Å². The predicted molar refractivity (Wildman–Crippen MR) is 89.0 cm³/mol. The molecule has 1 aliphatic rings. The van der Waals surface area contributed by atoms with Gasteiger partial charge in [0.15, 0.2) is 0 Å². The molecule has 0 saturated heterocycles. The highest BCUT2D eigenvalue weighted by Gasteiger charge is 2.24. The van der Waals surface area contributed by atoms with E-state index in [0.29, 0.717) is 6.04 Å². The first-order valence-corrected chi connectivity index (χ1v) is 8.22. The lowest BCUT2D eigenvalue weighted by Crippen LogP contribution is -2.30. The van der Waals surface area contributed by atoms with E-state index in [4.69, 9.17) is 0 Å². The van der Waals surface area contributed by atoms with E-state index in [1.54, 1.807) is 0 Å². The van der Waals surface area contributed by atoms with Crippen molar-refractivity contribution in [2.75, 3.05) is 5.32 Å². The molecule has 1 heterocycles. The molecular weight excluding hydrogens is 312 g/mol. The normalized spacial score (nSPS) is 26.6. The summed E-state index contributed by atoms with van der Waals surface area (Å²) < 4.78 is 1.03. The average Bonchev–Trinajstić information content (AvgIpc) is 2.37. The van der Waals surface area contributed by atoms with Crippen LogP contribution in [0.2, 0.25) is 0 Å². The van der Waals surface area contributed by atoms with Crippen LogP contribution in [0, 0.1) is 11.8 Å². The molecule has 3 rings (SSSR count). The molecule has 0 aliphatic heterocycles. The zero-order valence-electron chi connectivity index (χ0n) is 12.1. The van der Waals surface area contributed by atoms with Crippen LogP contribution in [0.4, 0.5) is 5.69 Å². The van der Waals surface area contributed by atoms with Crippen LogP contribution in [-0.2, 0) is 0 Å². The van der Waals surface area contributed by atoms with E-state index < -0.39 is 0 Å². The summed E-state index contributed by atoms with van der Waals surface area (Å²) in [7, 11) is 0. The summed E-state index contributed by atoms with van der Waals surface area (Å²) in [5.41, 5.74) is 2.24. The largest absolute Gasteiger partial charge is 0.381 e. The maximum absolute atomic E-state index is 4.57. The molecule has 2 unspecified atom stereocenters. The number of aromatic nitrogens is 1. The first-order chi connectivity index (χ1) is 9.61. The summed E-state index contributed by atoms with van der Waals surface area (Å²) in [4.78, 5) is 4.57. The Balaban J connectivity index is 1.87. The molecule has 0 radical (unpaired) electrons. The van der Waals surface area contributed by atoms with Gasteiger partial charge in [-0.15, -0.1) is 0 Å². The number of para-hydroxylation sites is 1.